The van der Waals surface area contributed by atoms with Crippen LogP contribution in [-0.4, -0.2) is 44.2 Å². The minimum Gasteiger partial charge on any atom is -0.493 e. The molecule has 2 aromatic rings. The summed E-state index contributed by atoms with van der Waals surface area (Å²) < 4.78 is 38.9. The molecule has 0 aliphatic carbocycles. The minimum absolute atomic E-state index is 0.0928. The van der Waals surface area contributed by atoms with Gasteiger partial charge in [0.1, 0.15) is 0 Å². The van der Waals surface area contributed by atoms with E-state index in [4.69, 9.17) is 4.74 Å². The number of amides is 1. The highest BCUT2D eigenvalue weighted by Crippen LogP contribution is 2.29. The number of methoxy groups -OCH3 is 2. The summed E-state index contributed by atoms with van der Waals surface area (Å²) in [6.45, 7) is -2.93. The van der Waals surface area contributed by atoms with E-state index in [-0.39, 0.29) is 35.6 Å². The summed E-state index contributed by atoms with van der Waals surface area (Å²) in [5.41, 5.74) is -0.0881. The molecule has 2 rings (SSSR count). The number of hydrogen-bond donors (Lipinski definition) is 1. The van der Waals surface area contributed by atoms with E-state index in [2.05, 4.69) is 14.8 Å². The molecule has 2 aromatic carbocycles. The first-order chi connectivity index (χ1) is 14.2. The monoisotopic (exact) mass is 424 g/mol. The van der Waals surface area contributed by atoms with Crippen molar-refractivity contribution in [3.63, 3.8) is 0 Å². The molecule has 11 heteroatoms. The van der Waals surface area contributed by atoms with Gasteiger partial charge in [-0.15, -0.1) is 0 Å². The Labute approximate surface area is 169 Å². The molecule has 0 radical (unpaired) electrons. The van der Waals surface area contributed by atoms with Gasteiger partial charge < -0.3 is 19.5 Å². The first-order valence-electron chi connectivity index (χ1n) is 8.53. The van der Waals surface area contributed by atoms with Crippen molar-refractivity contribution in [2.45, 2.75) is 13.0 Å². The van der Waals surface area contributed by atoms with Gasteiger partial charge in [0.05, 0.1) is 24.7 Å². The Morgan fingerprint density at radius 3 is 2.40 bits per heavy atom. The van der Waals surface area contributed by atoms with Crippen molar-refractivity contribution in [3.05, 3.63) is 63.2 Å². The van der Waals surface area contributed by atoms with Gasteiger partial charge in [0.2, 0.25) is 0 Å². The molecule has 30 heavy (non-hydrogen) atoms. The Hall–Kier alpha value is -3.76. The zero-order chi connectivity index (χ0) is 22.3. The predicted molar refractivity (Wildman–Crippen MR) is 100 cm³/mol. The van der Waals surface area contributed by atoms with Crippen molar-refractivity contribution in [2.24, 2.45) is 0 Å². The fourth-order valence-electron chi connectivity index (χ4n) is 2.57. The van der Waals surface area contributed by atoms with E-state index in [9.17, 15) is 28.5 Å². The number of carbonyl (C=O) groups is 2. The summed E-state index contributed by atoms with van der Waals surface area (Å²) in [6.07, 6.45) is 0.258. The summed E-state index contributed by atoms with van der Waals surface area (Å²) in [5, 5.41) is 13.6. The summed E-state index contributed by atoms with van der Waals surface area (Å²) in [6, 6.07) is 7.65. The topological polar surface area (TPSA) is 117 Å². The standard InChI is InChI=1S/C19H18F2N2O7/c1-28-15-4-3-11(7-16(15)30-19(20)21)5-6-22-17(24)12-8-13(18(25)29-2)10-14(9-12)23(26)27/h3-4,7-10,19H,5-6H2,1-2H3,(H,22,24). The van der Waals surface area contributed by atoms with E-state index in [1.807, 2.05) is 0 Å². The normalized spacial score (nSPS) is 10.4. The number of carbonyl (C=O) groups excluding carboxylic acids is 2. The van der Waals surface area contributed by atoms with Crippen LogP contribution < -0.4 is 14.8 Å². The minimum atomic E-state index is -3.02. The maximum absolute atomic E-state index is 12.5. The van der Waals surface area contributed by atoms with Gasteiger partial charge in [0, 0.05) is 24.2 Å². The number of alkyl halides is 2. The molecule has 0 aromatic heterocycles. The molecular formula is C19H18F2N2O7. The summed E-state index contributed by atoms with van der Waals surface area (Å²) in [5.74, 6) is -1.48. The molecule has 0 atom stereocenters. The van der Waals surface area contributed by atoms with Gasteiger partial charge in [-0.1, -0.05) is 6.07 Å². The molecule has 160 valence electrons. The van der Waals surface area contributed by atoms with Crippen LogP contribution in [0.4, 0.5) is 14.5 Å². The van der Waals surface area contributed by atoms with Crippen molar-refractivity contribution in [1.82, 2.24) is 5.32 Å². The maximum atomic E-state index is 12.5. The zero-order valence-corrected chi connectivity index (χ0v) is 16.0. The molecule has 0 aliphatic heterocycles. The van der Waals surface area contributed by atoms with Crippen LogP contribution in [0, 0.1) is 10.1 Å². The third-order valence-corrected chi connectivity index (χ3v) is 3.96. The average Bonchev–Trinajstić information content (AvgIpc) is 2.72. The number of ether oxygens (including phenoxy) is 3. The van der Waals surface area contributed by atoms with E-state index in [0.717, 1.165) is 19.2 Å². The molecule has 0 unspecified atom stereocenters. The Bertz CT molecular complexity index is 950. The van der Waals surface area contributed by atoms with Gasteiger partial charge >= 0.3 is 12.6 Å². The Balaban J connectivity index is 2.10. The summed E-state index contributed by atoms with van der Waals surface area (Å²) in [4.78, 5) is 34.3. The van der Waals surface area contributed by atoms with Crippen molar-refractivity contribution >= 4 is 17.6 Å². The lowest BCUT2D eigenvalue weighted by atomic mass is 10.1. The zero-order valence-electron chi connectivity index (χ0n) is 16.0. The number of nitro groups is 1. The van der Waals surface area contributed by atoms with E-state index in [0.29, 0.717) is 5.56 Å². The number of benzene rings is 2. The van der Waals surface area contributed by atoms with Crippen LogP contribution in [0.5, 0.6) is 11.5 Å². The molecule has 1 amide bonds. The molecule has 9 nitrogen and oxygen atoms in total. The second-order valence-corrected chi connectivity index (χ2v) is 5.89. The average molecular weight is 424 g/mol. The first-order valence-corrected chi connectivity index (χ1v) is 8.53. The fourth-order valence-corrected chi connectivity index (χ4v) is 2.57. The maximum Gasteiger partial charge on any atom is 0.387 e. The van der Waals surface area contributed by atoms with Crippen molar-refractivity contribution in [3.8, 4) is 11.5 Å². The largest absolute Gasteiger partial charge is 0.493 e. The van der Waals surface area contributed by atoms with E-state index < -0.39 is 29.1 Å². The number of rotatable bonds is 9. The van der Waals surface area contributed by atoms with Crippen LogP contribution in [0.15, 0.2) is 36.4 Å². The number of hydrogen-bond acceptors (Lipinski definition) is 7. The molecule has 1 N–H and O–H groups in total. The second-order valence-electron chi connectivity index (χ2n) is 5.89. The SMILES string of the molecule is COC(=O)c1cc(C(=O)NCCc2ccc(OC)c(OC(F)F)c2)cc([N+](=O)[O-])c1. The highest BCUT2D eigenvalue weighted by Gasteiger charge is 2.18. The first kappa shape index (κ1) is 22.5. The van der Waals surface area contributed by atoms with Gasteiger partial charge in [0.25, 0.3) is 11.6 Å². The lowest BCUT2D eigenvalue weighted by Crippen LogP contribution is -2.26. The number of esters is 1. The number of halogens is 2. The van der Waals surface area contributed by atoms with Gasteiger partial charge in [-0.2, -0.15) is 8.78 Å². The van der Waals surface area contributed by atoms with Gasteiger partial charge in [0.15, 0.2) is 11.5 Å². The second kappa shape index (κ2) is 10.1. The lowest BCUT2D eigenvalue weighted by molar-refractivity contribution is -0.384. The molecule has 0 saturated heterocycles. The van der Waals surface area contributed by atoms with Crippen LogP contribution in [0.2, 0.25) is 0 Å². The fraction of sp³-hybridized carbons (Fsp3) is 0.263. The van der Waals surface area contributed by atoms with Gasteiger partial charge in [-0.25, -0.2) is 4.79 Å². The van der Waals surface area contributed by atoms with Crippen molar-refractivity contribution in [2.75, 3.05) is 20.8 Å². The van der Waals surface area contributed by atoms with Crippen LogP contribution in [0.1, 0.15) is 26.3 Å². The molecule has 0 saturated carbocycles. The highest BCUT2D eigenvalue weighted by molar-refractivity contribution is 5.98. The molecular weight excluding hydrogens is 406 g/mol. The van der Waals surface area contributed by atoms with Crippen molar-refractivity contribution < 1.29 is 37.5 Å². The molecule has 0 heterocycles. The van der Waals surface area contributed by atoms with Crippen LogP contribution in [0.3, 0.4) is 0 Å². The highest BCUT2D eigenvalue weighted by atomic mass is 19.3. The van der Waals surface area contributed by atoms with Crippen molar-refractivity contribution in [1.29, 1.82) is 0 Å². The summed E-state index contributed by atoms with van der Waals surface area (Å²) >= 11 is 0. The third kappa shape index (κ3) is 5.87. The van der Waals surface area contributed by atoms with E-state index in [1.165, 1.54) is 25.3 Å². The summed E-state index contributed by atoms with van der Waals surface area (Å²) in [7, 11) is 2.43. The van der Waals surface area contributed by atoms with E-state index >= 15 is 0 Å². The Kier molecular flexibility index (Phi) is 7.62. The van der Waals surface area contributed by atoms with Crippen LogP contribution in [-0.2, 0) is 11.2 Å². The quantitative estimate of drug-likeness (QED) is 0.374. The molecule has 0 spiro atoms. The number of non-ortho nitro benzene ring substituents is 1. The smallest absolute Gasteiger partial charge is 0.387 e. The molecule has 0 fully saturated rings. The Morgan fingerprint density at radius 1 is 1.10 bits per heavy atom. The van der Waals surface area contributed by atoms with Gasteiger partial charge in [-0.05, 0) is 30.2 Å². The number of nitrogens with zero attached hydrogens (tertiary/aromatic N) is 1. The molecule has 0 aliphatic rings. The number of nitrogens with one attached hydrogen (secondary N) is 1. The Morgan fingerprint density at radius 2 is 1.80 bits per heavy atom. The number of nitro benzene ring substituents is 1. The third-order valence-electron chi connectivity index (χ3n) is 3.96. The molecule has 0 bridgehead atoms. The predicted octanol–water partition coefficient (Wildman–Crippen LogP) is 2.96. The van der Waals surface area contributed by atoms with Gasteiger partial charge in [-0.3, -0.25) is 14.9 Å². The van der Waals surface area contributed by atoms with Crippen LogP contribution >= 0.6 is 0 Å². The lowest BCUT2D eigenvalue weighted by Gasteiger charge is -2.12. The van der Waals surface area contributed by atoms with E-state index in [1.54, 1.807) is 6.07 Å². The van der Waals surface area contributed by atoms with Crippen LogP contribution in [0.25, 0.3) is 0 Å².